The van der Waals surface area contributed by atoms with Crippen LogP contribution in [-0.4, -0.2) is 167 Å². The maximum Gasteiger partial charge on any atom is 0.500 e. The topological polar surface area (TPSA) is 163 Å². The Hall–Kier alpha value is 1.06. The van der Waals surface area contributed by atoms with Gasteiger partial charge >= 0.3 is 69.5 Å². The van der Waals surface area contributed by atoms with Gasteiger partial charge in [-0.3, -0.25) is 0 Å². The number of hydrogen-bond donors (Lipinski definition) is 2. The van der Waals surface area contributed by atoms with Gasteiger partial charge in [-0.1, -0.05) is 0 Å². The molecule has 0 aromatic rings. The van der Waals surface area contributed by atoms with Crippen LogP contribution >= 0.6 is 0 Å². The number of rotatable bonds is 36. The molecule has 0 aliphatic heterocycles. The molecule has 0 amide bonds. The monoisotopic (exact) mass is 932 g/mol. The Bertz CT molecular complexity index is 919. The van der Waals surface area contributed by atoms with E-state index in [1.54, 1.807) is 71.1 Å². The molecular weight excluding hydrogens is 853 g/mol. The lowest BCUT2D eigenvalue weighted by atomic mass is 10.4. The Morgan fingerprint density at radius 1 is 0.273 bits per heavy atom. The fourth-order valence-electron chi connectivity index (χ4n) is 6.53. The minimum Gasteiger partial charge on any atom is -0.416 e. The molecule has 0 bridgehead atoms. The van der Waals surface area contributed by atoms with E-state index in [0.29, 0.717) is 12.1 Å². The first-order valence-corrected chi connectivity index (χ1v) is 38.0. The van der Waals surface area contributed by atoms with Crippen LogP contribution in [0.4, 0.5) is 0 Å². The van der Waals surface area contributed by atoms with Gasteiger partial charge in [0.05, 0.1) is 0 Å². The van der Waals surface area contributed by atoms with E-state index < -0.39 is 69.5 Å². The lowest BCUT2D eigenvalue weighted by Gasteiger charge is -2.43. The van der Waals surface area contributed by atoms with Gasteiger partial charge in [-0.05, 0) is 104 Å². The first kappa shape index (κ1) is 56.1. The van der Waals surface area contributed by atoms with Gasteiger partial charge in [0.2, 0.25) is 0 Å². The standard InChI is InChI=1S/C30H80N2O15Si8/c1-33-52(34-2,35-3)27-19-23-31-25-21-29-54(39-7,40-8)46-50(15,16)44-48(11,12)43-49(13,14)45-51(17,18)47-55(41-9,42-10)30-22-26-32-24-20-28-53(36-4,37-5)38-6/h31-32H,19-30H2,1-18H3. The minimum atomic E-state index is -3.02. The second kappa shape index (κ2) is 26.4. The Morgan fingerprint density at radius 2 is 0.455 bits per heavy atom. The van der Waals surface area contributed by atoms with Crippen molar-refractivity contribution in [3.8, 4) is 0 Å². The number of nitrogens with one attached hydrogen (secondary N) is 2. The third-order valence-corrected chi connectivity index (χ3v) is 37.0. The highest BCUT2D eigenvalue weighted by Gasteiger charge is 2.52. The minimum absolute atomic E-state index is 0.642. The third kappa shape index (κ3) is 21.4. The van der Waals surface area contributed by atoms with Crippen LogP contribution in [-0.2, 0) is 64.8 Å². The first-order valence-electron chi connectivity index (χ1n) is 19.0. The molecule has 0 aliphatic rings. The average Bonchev–Trinajstić information content (AvgIpc) is 3.11. The highest BCUT2D eigenvalue weighted by Crippen LogP contribution is 2.30. The van der Waals surface area contributed by atoms with E-state index in [1.165, 1.54) is 0 Å². The molecule has 17 nitrogen and oxygen atoms in total. The van der Waals surface area contributed by atoms with E-state index in [-0.39, 0.29) is 0 Å². The summed E-state index contributed by atoms with van der Waals surface area (Å²) in [6, 6.07) is 2.76. The van der Waals surface area contributed by atoms with Crippen LogP contribution in [0.5, 0.6) is 0 Å². The maximum atomic E-state index is 6.77. The molecule has 0 spiro atoms. The van der Waals surface area contributed by atoms with Crippen LogP contribution in [0.25, 0.3) is 0 Å². The van der Waals surface area contributed by atoms with Crippen molar-refractivity contribution in [2.75, 3.05) is 97.3 Å². The molecule has 0 heterocycles. The number of hydrogen-bond acceptors (Lipinski definition) is 17. The van der Waals surface area contributed by atoms with Crippen LogP contribution in [0, 0.1) is 0 Å². The predicted molar refractivity (Wildman–Crippen MR) is 232 cm³/mol. The van der Waals surface area contributed by atoms with E-state index in [1.807, 2.05) is 52.4 Å². The summed E-state index contributed by atoms with van der Waals surface area (Å²) in [5, 5.41) is 6.96. The molecule has 332 valence electrons. The molecule has 25 heteroatoms. The van der Waals surface area contributed by atoms with Gasteiger partial charge in [0.1, 0.15) is 0 Å². The van der Waals surface area contributed by atoms with Crippen molar-refractivity contribution in [2.45, 2.75) is 102 Å². The molecule has 0 aromatic heterocycles. The summed E-state index contributed by atoms with van der Waals surface area (Å²) in [4.78, 5) is 0. The zero-order valence-corrected chi connectivity index (χ0v) is 45.6. The summed E-state index contributed by atoms with van der Waals surface area (Å²) in [5.74, 6) is 0. The Kier molecular flexibility index (Phi) is 26.9. The van der Waals surface area contributed by atoms with Crippen molar-refractivity contribution < 1.29 is 64.8 Å². The summed E-state index contributed by atoms with van der Waals surface area (Å²) in [5.41, 5.74) is 0. The van der Waals surface area contributed by atoms with Crippen molar-refractivity contribution in [1.29, 1.82) is 0 Å². The Balaban J connectivity index is 5.20. The molecule has 0 saturated heterocycles. The Morgan fingerprint density at radius 3 is 0.655 bits per heavy atom. The summed E-state index contributed by atoms with van der Waals surface area (Å²) in [6.07, 6.45) is 3.38. The molecule has 0 fully saturated rings. The molecule has 55 heavy (non-hydrogen) atoms. The highest BCUT2D eigenvalue weighted by atomic mass is 28.5. The van der Waals surface area contributed by atoms with Gasteiger partial charge in [0, 0.05) is 95.3 Å². The van der Waals surface area contributed by atoms with E-state index in [4.69, 9.17) is 64.8 Å². The van der Waals surface area contributed by atoms with E-state index in [0.717, 1.165) is 64.0 Å². The third-order valence-electron chi connectivity index (χ3n) is 8.73. The van der Waals surface area contributed by atoms with Gasteiger partial charge in [0.15, 0.2) is 0 Å². The van der Waals surface area contributed by atoms with Gasteiger partial charge in [-0.25, -0.2) is 0 Å². The molecule has 0 rings (SSSR count). The second-order valence-electron chi connectivity index (χ2n) is 14.8. The van der Waals surface area contributed by atoms with Crippen molar-refractivity contribution in [3.05, 3.63) is 0 Å². The van der Waals surface area contributed by atoms with Crippen LogP contribution in [0.3, 0.4) is 0 Å². The molecule has 0 radical (unpaired) electrons. The van der Waals surface area contributed by atoms with Crippen LogP contribution in [0.15, 0.2) is 0 Å². The maximum absolute atomic E-state index is 6.77. The molecule has 0 aromatic carbocycles. The zero-order chi connectivity index (χ0) is 42.5. The van der Waals surface area contributed by atoms with Crippen molar-refractivity contribution >= 4 is 69.5 Å². The van der Waals surface area contributed by atoms with E-state index in [9.17, 15) is 0 Å². The average molecular weight is 934 g/mol. The van der Waals surface area contributed by atoms with Gasteiger partial charge < -0.3 is 75.5 Å². The van der Waals surface area contributed by atoms with E-state index >= 15 is 0 Å². The van der Waals surface area contributed by atoms with Gasteiger partial charge in [-0.2, -0.15) is 0 Å². The smallest absolute Gasteiger partial charge is 0.416 e. The van der Waals surface area contributed by atoms with Crippen LogP contribution in [0.2, 0.25) is 76.6 Å². The largest absolute Gasteiger partial charge is 0.500 e. The quantitative estimate of drug-likeness (QED) is 0.0648. The summed E-state index contributed by atoms with van der Waals surface area (Å²) in [7, 11) is -5.95. The Labute approximate surface area is 343 Å². The molecule has 0 unspecified atom stereocenters. The van der Waals surface area contributed by atoms with Gasteiger partial charge in [0.25, 0.3) is 0 Å². The molecule has 0 saturated carbocycles. The van der Waals surface area contributed by atoms with Crippen molar-refractivity contribution in [1.82, 2.24) is 10.6 Å². The van der Waals surface area contributed by atoms with Crippen LogP contribution in [0.1, 0.15) is 25.7 Å². The molecule has 0 aliphatic carbocycles. The van der Waals surface area contributed by atoms with Crippen LogP contribution < -0.4 is 10.6 Å². The second-order valence-corrected chi connectivity index (χ2v) is 41.6. The van der Waals surface area contributed by atoms with E-state index in [2.05, 4.69) is 10.6 Å². The first-order chi connectivity index (χ1) is 25.6. The highest BCUT2D eigenvalue weighted by molar-refractivity contribution is 6.90. The summed E-state index contributed by atoms with van der Waals surface area (Å²) in [6.45, 7) is 19.3. The van der Waals surface area contributed by atoms with Crippen molar-refractivity contribution in [2.24, 2.45) is 0 Å². The van der Waals surface area contributed by atoms with Gasteiger partial charge in [-0.15, -0.1) is 0 Å². The van der Waals surface area contributed by atoms with Crippen molar-refractivity contribution in [3.63, 3.8) is 0 Å². The zero-order valence-electron chi connectivity index (χ0n) is 37.6. The fraction of sp³-hybridized carbons (Fsp3) is 1.00. The molecule has 2 N–H and O–H groups in total. The predicted octanol–water partition coefficient (Wildman–Crippen LogP) is 4.84. The fourth-order valence-corrected chi connectivity index (χ4v) is 36.9. The molecular formula is C30H80N2O15Si8. The normalized spacial score (nSPS) is 14.3. The lowest BCUT2D eigenvalue weighted by Crippen LogP contribution is -2.62. The summed E-state index contributed by atoms with van der Waals surface area (Å²) < 4.78 is 90.6. The molecule has 0 atom stereocenters. The lowest BCUT2D eigenvalue weighted by molar-refractivity contribution is 0.122. The SMILES string of the molecule is CO[Si](CCCNCCC[Si](OC)(OC)O[Si](C)(C)O[Si](C)(C)O[Si](C)(C)O[Si](C)(C)O[Si](CCCNCCC[Si](OC)(OC)OC)(OC)OC)(OC)OC. The summed E-state index contributed by atoms with van der Waals surface area (Å²) >= 11 is 0.